The lowest BCUT2D eigenvalue weighted by atomic mass is 9.88. The van der Waals surface area contributed by atoms with Gasteiger partial charge in [0.15, 0.2) is 0 Å². The van der Waals surface area contributed by atoms with Gasteiger partial charge < -0.3 is 10.1 Å². The van der Waals surface area contributed by atoms with Crippen LogP contribution in [-0.2, 0) is 0 Å². The highest BCUT2D eigenvalue weighted by Crippen LogP contribution is 2.38. The smallest absolute Gasteiger partial charge is 0.225 e. The van der Waals surface area contributed by atoms with E-state index in [0.29, 0.717) is 16.6 Å². The summed E-state index contributed by atoms with van der Waals surface area (Å²) < 4.78 is 5.45. The minimum atomic E-state index is 0.352. The average Bonchev–Trinajstić information content (AvgIpc) is 2.46. The Kier molecular flexibility index (Phi) is 4.69. The molecule has 0 aromatic carbocycles. The van der Waals surface area contributed by atoms with Crippen LogP contribution in [0.15, 0.2) is 12.3 Å². The first-order valence-electron chi connectivity index (χ1n) is 6.44. The van der Waals surface area contributed by atoms with E-state index in [9.17, 15) is 0 Å². The summed E-state index contributed by atoms with van der Waals surface area (Å²) in [6.07, 6.45) is 10.5. The molecule has 4 nitrogen and oxygen atoms in total. The third kappa shape index (κ3) is 3.28. The van der Waals surface area contributed by atoms with Crippen molar-refractivity contribution < 1.29 is 4.74 Å². The average molecular weight is 267 g/mol. The number of rotatable bonds is 5. The number of methoxy groups -OCH3 is 1. The van der Waals surface area contributed by atoms with Crippen molar-refractivity contribution in [2.75, 3.05) is 25.2 Å². The van der Waals surface area contributed by atoms with Crippen LogP contribution in [0.2, 0.25) is 0 Å². The summed E-state index contributed by atoms with van der Waals surface area (Å²) in [7, 11) is 1.62. The van der Waals surface area contributed by atoms with Gasteiger partial charge in [-0.15, -0.1) is 0 Å². The van der Waals surface area contributed by atoms with Crippen LogP contribution in [0, 0.1) is 0 Å². The fourth-order valence-corrected chi connectivity index (χ4v) is 3.34. The Morgan fingerprint density at radius 1 is 1.39 bits per heavy atom. The Labute approximate surface area is 113 Å². The quantitative estimate of drug-likeness (QED) is 0.888. The number of aromatic nitrogens is 2. The largest absolute Gasteiger partial charge is 0.481 e. The third-order valence-corrected chi connectivity index (χ3v) is 5.02. The molecule has 1 N–H and O–H groups in total. The summed E-state index contributed by atoms with van der Waals surface area (Å²) in [6, 6.07) is 1.76. The van der Waals surface area contributed by atoms with Crippen molar-refractivity contribution in [3.8, 4) is 5.88 Å². The summed E-state index contributed by atoms with van der Waals surface area (Å²) in [4.78, 5) is 8.51. The van der Waals surface area contributed by atoms with Gasteiger partial charge in [-0.1, -0.05) is 19.3 Å². The predicted molar refractivity (Wildman–Crippen MR) is 76.4 cm³/mol. The van der Waals surface area contributed by atoms with Gasteiger partial charge in [-0.3, -0.25) is 0 Å². The van der Waals surface area contributed by atoms with Gasteiger partial charge in [0.25, 0.3) is 0 Å². The van der Waals surface area contributed by atoms with Gasteiger partial charge in [-0.25, -0.2) is 4.98 Å². The van der Waals surface area contributed by atoms with Crippen LogP contribution in [0.5, 0.6) is 5.88 Å². The third-order valence-electron chi connectivity index (χ3n) is 3.61. The minimum Gasteiger partial charge on any atom is -0.481 e. The molecule has 1 aromatic rings. The molecule has 1 heterocycles. The zero-order chi connectivity index (χ0) is 12.8. The van der Waals surface area contributed by atoms with Crippen molar-refractivity contribution in [3.63, 3.8) is 0 Å². The van der Waals surface area contributed by atoms with Gasteiger partial charge in [0.1, 0.15) is 0 Å². The summed E-state index contributed by atoms with van der Waals surface area (Å²) in [6.45, 7) is 0.932. The second-order valence-corrected chi connectivity index (χ2v) is 6.00. The van der Waals surface area contributed by atoms with E-state index in [-0.39, 0.29) is 0 Å². The van der Waals surface area contributed by atoms with Gasteiger partial charge in [0.05, 0.1) is 7.11 Å². The van der Waals surface area contributed by atoms with E-state index in [1.165, 1.54) is 32.1 Å². The number of nitrogens with zero attached hydrogens (tertiary/aromatic N) is 2. The minimum absolute atomic E-state index is 0.352. The number of nitrogens with one attached hydrogen (secondary N) is 1. The Hall–Kier alpha value is -0.970. The lowest BCUT2D eigenvalue weighted by molar-refractivity contribution is 0.396. The molecule has 0 spiro atoms. The number of hydrogen-bond donors (Lipinski definition) is 1. The summed E-state index contributed by atoms with van der Waals surface area (Å²) in [5.41, 5.74) is 0. The topological polar surface area (TPSA) is 47.0 Å². The second kappa shape index (κ2) is 6.27. The fraction of sp³-hybridized carbons (Fsp3) is 0.692. The molecule has 0 saturated heterocycles. The van der Waals surface area contributed by atoms with Crippen molar-refractivity contribution in [2.24, 2.45) is 0 Å². The highest BCUT2D eigenvalue weighted by Gasteiger charge is 2.31. The van der Waals surface area contributed by atoms with Crippen molar-refractivity contribution >= 4 is 17.7 Å². The van der Waals surface area contributed by atoms with Crippen LogP contribution in [0.25, 0.3) is 0 Å². The summed E-state index contributed by atoms with van der Waals surface area (Å²) in [5.74, 6) is 1.27. The maximum atomic E-state index is 5.10. The molecule has 1 aromatic heterocycles. The van der Waals surface area contributed by atoms with E-state index in [1.54, 1.807) is 19.4 Å². The van der Waals surface area contributed by atoms with Crippen LogP contribution in [0.4, 0.5) is 5.95 Å². The molecule has 0 aliphatic heterocycles. The van der Waals surface area contributed by atoms with Gasteiger partial charge in [-0.05, 0) is 19.1 Å². The van der Waals surface area contributed by atoms with E-state index >= 15 is 0 Å². The van der Waals surface area contributed by atoms with E-state index in [1.807, 2.05) is 11.8 Å². The van der Waals surface area contributed by atoms with Gasteiger partial charge >= 0.3 is 0 Å². The molecule has 100 valence electrons. The number of ether oxygens (including phenoxy) is 1. The lowest BCUT2D eigenvalue weighted by Gasteiger charge is -2.35. The van der Waals surface area contributed by atoms with Gasteiger partial charge in [0, 0.05) is 23.6 Å². The van der Waals surface area contributed by atoms with Crippen LogP contribution >= 0.6 is 11.8 Å². The van der Waals surface area contributed by atoms with Crippen molar-refractivity contribution in [1.29, 1.82) is 0 Å². The maximum absolute atomic E-state index is 5.10. The molecule has 1 fully saturated rings. The summed E-state index contributed by atoms with van der Waals surface area (Å²) >= 11 is 1.97. The molecule has 1 aliphatic rings. The SMILES string of the molecule is COc1ccnc(NCC2(SC)CCCCC2)n1. The van der Waals surface area contributed by atoms with Crippen molar-refractivity contribution in [2.45, 2.75) is 36.9 Å². The molecule has 1 aliphatic carbocycles. The second-order valence-electron chi connectivity index (χ2n) is 4.72. The van der Waals surface area contributed by atoms with E-state index < -0.39 is 0 Å². The Balaban J connectivity index is 1.96. The van der Waals surface area contributed by atoms with Crippen molar-refractivity contribution in [3.05, 3.63) is 12.3 Å². The van der Waals surface area contributed by atoms with E-state index in [2.05, 4.69) is 21.5 Å². The standard InChI is InChI=1S/C13H21N3OS/c1-17-11-6-9-14-12(16-11)15-10-13(18-2)7-4-3-5-8-13/h6,9H,3-5,7-8,10H2,1-2H3,(H,14,15,16). The zero-order valence-corrected chi connectivity index (χ0v) is 11.9. The van der Waals surface area contributed by atoms with Crippen LogP contribution < -0.4 is 10.1 Å². The first-order valence-corrected chi connectivity index (χ1v) is 7.66. The van der Waals surface area contributed by atoms with Gasteiger partial charge in [-0.2, -0.15) is 16.7 Å². The van der Waals surface area contributed by atoms with E-state index in [4.69, 9.17) is 4.74 Å². The fourth-order valence-electron chi connectivity index (χ4n) is 2.43. The highest BCUT2D eigenvalue weighted by molar-refractivity contribution is 8.00. The Bertz CT molecular complexity index is 380. The molecular weight excluding hydrogens is 246 g/mol. The number of thioether (sulfide) groups is 1. The zero-order valence-electron chi connectivity index (χ0n) is 11.1. The molecule has 0 atom stereocenters. The van der Waals surface area contributed by atoms with Crippen LogP contribution in [0.3, 0.4) is 0 Å². The predicted octanol–water partition coefficient (Wildman–Crippen LogP) is 2.96. The van der Waals surface area contributed by atoms with Crippen molar-refractivity contribution in [1.82, 2.24) is 9.97 Å². The monoisotopic (exact) mass is 267 g/mol. The molecule has 5 heteroatoms. The first kappa shape index (κ1) is 13.5. The molecule has 2 rings (SSSR count). The summed E-state index contributed by atoms with van der Waals surface area (Å²) in [5, 5.41) is 3.36. The van der Waals surface area contributed by atoms with Crippen LogP contribution in [0.1, 0.15) is 32.1 Å². The lowest BCUT2D eigenvalue weighted by Crippen LogP contribution is -2.35. The number of anilines is 1. The molecule has 0 unspecified atom stereocenters. The molecule has 0 amide bonds. The maximum Gasteiger partial charge on any atom is 0.225 e. The van der Waals surface area contributed by atoms with E-state index in [0.717, 1.165) is 6.54 Å². The first-order chi connectivity index (χ1) is 8.78. The Morgan fingerprint density at radius 2 is 2.17 bits per heavy atom. The molecule has 1 saturated carbocycles. The molecular formula is C13H21N3OS. The molecule has 0 bridgehead atoms. The number of hydrogen-bond acceptors (Lipinski definition) is 5. The highest BCUT2D eigenvalue weighted by atomic mass is 32.2. The van der Waals surface area contributed by atoms with Crippen LogP contribution in [-0.4, -0.2) is 34.6 Å². The molecule has 18 heavy (non-hydrogen) atoms. The van der Waals surface area contributed by atoms with Gasteiger partial charge in [0.2, 0.25) is 11.8 Å². The molecule has 0 radical (unpaired) electrons. The normalized spacial score (nSPS) is 18.3. The Morgan fingerprint density at radius 3 is 2.83 bits per heavy atom.